The zero-order valence-corrected chi connectivity index (χ0v) is 22.0. The molecule has 7 heteroatoms. The Morgan fingerprint density at radius 1 is 1.17 bits per heavy atom. The molecule has 182 valence electrons. The molecule has 35 heavy (non-hydrogen) atoms. The van der Waals surface area contributed by atoms with Gasteiger partial charge < -0.3 is 5.11 Å². The number of rotatable bonds is 7. The predicted molar refractivity (Wildman–Crippen MR) is 147 cm³/mol. The Balaban J connectivity index is 1.97. The summed E-state index contributed by atoms with van der Waals surface area (Å²) in [6.45, 7) is 2.05. The second-order valence-corrected chi connectivity index (χ2v) is 10.4. The zero-order valence-electron chi connectivity index (χ0n) is 19.0. The molecule has 0 saturated heterocycles. The molecule has 0 amide bonds. The number of alkyl halides is 3. The number of hydrogen-bond donors (Lipinski definition) is 1. The lowest BCUT2D eigenvalue weighted by Gasteiger charge is -2.21. The molecule has 0 spiro atoms. The summed E-state index contributed by atoms with van der Waals surface area (Å²) in [5, 5.41) is 12.6. The first-order valence-corrected chi connectivity index (χ1v) is 13.3. The number of allylic oxidation sites excluding steroid dienone is 5. The maximum absolute atomic E-state index is 12.9. The molecule has 1 N–H and O–H groups in total. The first-order chi connectivity index (χ1) is 16.7. The number of fused-ring (bicyclic) bond motifs is 1. The summed E-state index contributed by atoms with van der Waals surface area (Å²) in [6.07, 6.45) is 2.29. The predicted octanol–water partition coefficient (Wildman–Crippen LogP) is 8.52. The molecule has 0 aliphatic heterocycles. The summed E-state index contributed by atoms with van der Waals surface area (Å²) in [6, 6.07) is 12.0. The molecule has 0 fully saturated rings. The van der Waals surface area contributed by atoms with Gasteiger partial charge in [0.05, 0.1) is 3.58 Å². The Kier molecular flexibility index (Phi) is 7.98. The number of benzene rings is 2. The summed E-state index contributed by atoms with van der Waals surface area (Å²) < 4.78 is 39.8. The van der Waals surface area contributed by atoms with E-state index in [0.717, 1.165) is 56.3 Å². The Labute approximate surface area is 220 Å². The van der Waals surface area contributed by atoms with Gasteiger partial charge in [-0.05, 0) is 87.2 Å². The van der Waals surface area contributed by atoms with Crippen LogP contribution < -0.4 is 0 Å². The van der Waals surface area contributed by atoms with Crippen LogP contribution in [0.25, 0.3) is 32.9 Å². The number of carbonyl (C=O) groups excluding carboxylic acids is 1. The summed E-state index contributed by atoms with van der Waals surface area (Å²) in [5.41, 5.74) is 6.06. The van der Waals surface area contributed by atoms with E-state index in [1.807, 2.05) is 30.3 Å². The number of hydrogen-bond acceptors (Lipinski definition) is 3. The third kappa shape index (κ3) is 5.47. The number of aliphatic hydroxyl groups excluding tert-OH is 1. The van der Waals surface area contributed by atoms with E-state index in [4.69, 9.17) is 0 Å². The summed E-state index contributed by atoms with van der Waals surface area (Å²) >= 11 is 3.41. The van der Waals surface area contributed by atoms with Gasteiger partial charge in [0, 0.05) is 22.1 Å². The molecule has 1 aliphatic rings. The van der Waals surface area contributed by atoms with E-state index in [1.54, 1.807) is 40.0 Å². The Bertz CT molecular complexity index is 1330. The highest BCUT2D eigenvalue weighted by Crippen LogP contribution is 2.45. The van der Waals surface area contributed by atoms with Crippen molar-refractivity contribution in [2.24, 2.45) is 0 Å². The second kappa shape index (κ2) is 10.8. The van der Waals surface area contributed by atoms with Crippen molar-refractivity contribution in [2.75, 3.05) is 0 Å². The van der Waals surface area contributed by atoms with E-state index in [0.29, 0.717) is 6.42 Å². The van der Waals surface area contributed by atoms with Gasteiger partial charge in [-0.25, -0.2) is 0 Å². The standard InChI is InChI=1S/C28H24F3IO2S/c1-2-19-21(15-22(32)23(33)16-24(34)28(29,30)31)26(18-11-7-4-8-12-18)27-20(13-14-35-27)25(19)17-9-5-3-6-10-17/h4-5,7-15,24,34H,2-3,6,16H2,1H3/b22-15-. The lowest BCUT2D eigenvalue weighted by Crippen LogP contribution is -2.30. The minimum absolute atomic E-state index is 0.160. The fraction of sp³-hybridized carbons (Fsp3) is 0.250. The minimum Gasteiger partial charge on any atom is -0.383 e. The van der Waals surface area contributed by atoms with Crippen LogP contribution in [0.3, 0.4) is 0 Å². The van der Waals surface area contributed by atoms with E-state index in [-0.39, 0.29) is 3.58 Å². The molecular formula is C28H24F3IO2S. The van der Waals surface area contributed by atoms with Gasteiger partial charge in [-0.2, -0.15) is 13.2 Å². The number of Topliss-reactive ketones (excluding diaryl/α,β-unsaturated/α-hetero) is 1. The van der Waals surface area contributed by atoms with E-state index >= 15 is 0 Å². The Morgan fingerprint density at radius 2 is 1.91 bits per heavy atom. The van der Waals surface area contributed by atoms with Crippen LogP contribution in [0.2, 0.25) is 0 Å². The molecule has 1 atom stereocenters. The molecule has 1 aliphatic carbocycles. The van der Waals surface area contributed by atoms with Crippen molar-refractivity contribution in [2.45, 2.75) is 44.9 Å². The fourth-order valence-electron chi connectivity index (χ4n) is 4.41. The summed E-state index contributed by atoms with van der Waals surface area (Å²) in [5.74, 6) is -0.735. The Morgan fingerprint density at radius 3 is 2.54 bits per heavy atom. The zero-order chi connectivity index (χ0) is 25.2. The number of thiophene rings is 1. The maximum atomic E-state index is 12.9. The molecule has 1 heterocycles. The van der Waals surface area contributed by atoms with Gasteiger partial charge in [0.1, 0.15) is 0 Å². The number of carbonyl (C=O) groups is 1. The van der Waals surface area contributed by atoms with Crippen LogP contribution in [0, 0.1) is 0 Å². The second-order valence-electron chi connectivity index (χ2n) is 8.34. The minimum atomic E-state index is -4.83. The molecule has 3 aromatic rings. The lowest BCUT2D eigenvalue weighted by atomic mass is 9.84. The number of aliphatic hydroxyl groups is 1. The van der Waals surface area contributed by atoms with Gasteiger partial charge in [0.25, 0.3) is 0 Å². The molecule has 2 aromatic carbocycles. The van der Waals surface area contributed by atoms with Crippen molar-refractivity contribution in [3.8, 4) is 11.1 Å². The van der Waals surface area contributed by atoms with Crippen LogP contribution in [0.4, 0.5) is 13.2 Å². The van der Waals surface area contributed by atoms with E-state index in [2.05, 4.69) is 36.6 Å². The monoisotopic (exact) mass is 608 g/mol. The van der Waals surface area contributed by atoms with Crippen LogP contribution >= 0.6 is 33.9 Å². The molecule has 0 bridgehead atoms. The van der Waals surface area contributed by atoms with Crippen LogP contribution in [-0.4, -0.2) is 23.2 Å². The quantitative estimate of drug-likeness (QED) is 0.216. The molecule has 1 unspecified atom stereocenters. The van der Waals surface area contributed by atoms with Crippen molar-refractivity contribution < 1.29 is 23.1 Å². The van der Waals surface area contributed by atoms with Crippen LogP contribution in [0.5, 0.6) is 0 Å². The third-order valence-corrected chi connectivity index (χ3v) is 7.90. The van der Waals surface area contributed by atoms with Gasteiger partial charge in [0.2, 0.25) is 0 Å². The molecule has 0 radical (unpaired) electrons. The van der Waals surface area contributed by atoms with E-state index in [9.17, 15) is 23.1 Å². The molecule has 0 saturated carbocycles. The van der Waals surface area contributed by atoms with Crippen molar-refractivity contribution in [3.63, 3.8) is 0 Å². The van der Waals surface area contributed by atoms with Crippen molar-refractivity contribution in [1.29, 1.82) is 0 Å². The van der Waals surface area contributed by atoms with E-state index < -0.39 is 24.5 Å². The van der Waals surface area contributed by atoms with Crippen molar-refractivity contribution in [3.05, 3.63) is 80.3 Å². The third-order valence-electron chi connectivity index (χ3n) is 6.05. The average Bonchev–Trinajstić information content (AvgIpc) is 3.32. The van der Waals surface area contributed by atoms with Gasteiger partial charge in [0.15, 0.2) is 11.9 Å². The lowest BCUT2D eigenvalue weighted by molar-refractivity contribution is -0.205. The number of halogens is 4. The maximum Gasteiger partial charge on any atom is 0.414 e. The summed E-state index contributed by atoms with van der Waals surface area (Å²) in [7, 11) is 0. The van der Waals surface area contributed by atoms with Gasteiger partial charge in [-0.1, -0.05) is 55.5 Å². The first-order valence-electron chi connectivity index (χ1n) is 11.4. The van der Waals surface area contributed by atoms with E-state index in [1.165, 1.54) is 0 Å². The van der Waals surface area contributed by atoms with Gasteiger partial charge in [-0.3, -0.25) is 4.79 Å². The molecular weight excluding hydrogens is 584 g/mol. The highest BCUT2D eigenvalue weighted by Gasteiger charge is 2.39. The SMILES string of the molecule is CCc1c(/C=C(\I)C(=O)CC(O)C(F)(F)F)c(-c2ccccc2)c2sccc2c1C1=CCCC=C1. The number of ketones is 1. The van der Waals surface area contributed by atoms with Crippen LogP contribution in [0.1, 0.15) is 42.9 Å². The van der Waals surface area contributed by atoms with Crippen molar-refractivity contribution >= 4 is 61.4 Å². The summed E-state index contributed by atoms with van der Waals surface area (Å²) in [4.78, 5) is 12.7. The van der Waals surface area contributed by atoms with Gasteiger partial charge >= 0.3 is 6.18 Å². The average molecular weight is 608 g/mol. The normalized spacial score (nSPS) is 15.4. The first kappa shape index (κ1) is 25.9. The van der Waals surface area contributed by atoms with Crippen molar-refractivity contribution in [1.82, 2.24) is 0 Å². The van der Waals surface area contributed by atoms with Crippen LogP contribution in [0.15, 0.2) is 63.6 Å². The fourth-order valence-corrected chi connectivity index (χ4v) is 5.93. The highest BCUT2D eigenvalue weighted by atomic mass is 127. The Hall–Kier alpha value is -2.23. The van der Waals surface area contributed by atoms with Gasteiger partial charge in [-0.15, -0.1) is 11.3 Å². The topological polar surface area (TPSA) is 37.3 Å². The highest BCUT2D eigenvalue weighted by molar-refractivity contribution is 14.1. The molecule has 1 aromatic heterocycles. The van der Waals surface area contributed by atoms with Crippen LogP contribution in [-0.2, 0) is 11.2 Å². The smallest absolute Gasteiger partial charge is 0.383 e. The molecule has 4 rings (SSSR count). The molecule has 2 nitrogen and oxygen atoms in total. The largest absolute Gasteiger partial charge is 0.414 e.